The molecule has 0 atom stereocenters. The van der Waals surface area contributed by atoms with Gasteiger partial charge < -0.3 is 4.90 Å². The molecule has 0 bridgehead atoms. The second-order valence-electron chi connectivity index (χ2n) is 6.51. The predicted molar refractivity (Wildman–Crippen MR) is 71.3 cm³/mol. The highest BCUT2D eigenvalue weighted by atomic mass is 15.2. The Hall–Kier alpha value is -0.530. The summed E-state index contributed by atoms with van der Waals surface area (Å²) in [5.41, 5.74) is 0. The van der Waals surface area contributed by atoms with E-state index in [1.54, 1.807) is 0 Å². The third-order valence-corrected chi connectivity index (χ3v) is 4.68. The summed E-state index contributed by atoms with van der Waals surface area (Å²) in [4.78, 5) is 2.46. The molecule has 0 aliphatic heterocycles. The van der Waals surface area contributed by atoms with Crippen LogP contribution in [0.4, 0.5) is 0 Å². The first kappa shape index (κ1) is 11.6. The third kappa shape index (κ3) is 3.23. The molecule has 96 valence electrons. The van der Waals surface area contributed by atoms with Gasteiger partial charge in [0, 0.05) is 19.0 Å². The summed E-state index contributed by atoms with van der Waals surface area (Å²) in [5.74, 6) is 3.46. The molecule has 3 saturated carbocycles. The monoisotopic (exact) mass is 234 g/mol. The SMILES string of the molecule is N=C(C1CCCCC1)N(CC1CC1)CC1CC1. The number of amidine groups is 1. The molecule has 3 rings (SSSR count). The first-order chi connectivity index (χ1) is 8.33. The van der Waals surface area contributed by atoms with Crippen molar-refractivity contribution in [3.8, 4) is 0 Å². The van der Waals surface area contributed by atoms with Gasteiger partial charge >= 0.3 is 0 Å². The quantitative estimate of drug-likeness (QED) is 0.570. The van der Waals surface area contributed by atoms with Crippen molar-refractivity contribution in [1.82, 2.24) is 4.90 Å². The van der Waals surface area contributed by atoms with Gasteiger partial charge in [-0.25, -0.2) is 0 Å². The van der Waals surface area contributed by atoms with Crippen LogP contribution < -0.4 is 0 Å². The smallest absolute Gasteiger partial charge is 0.0989 e. The molecule has 0 saturated heterocycles. The van der Waals surface area contributed by atoms with E-state index in [4.69, 9.17) is 5.41 Å². The lowest BCUT2D eigenvalue weighted by Gasteiger charge is -2.32. The topological polar surface area (TPSA) is 27.1 Å². The number of hydrogen-bond donors (Lipinski definition) is 1. The molecule has 2 nitrogen and oxygen atoms in total. The van der Waals surface area contributed by atoms with Crippen molar-refractivity contribution in [2.75, 3.05) is 13.1 Å². The number of hydrogen-bond acceptors (Lipinski definition) is 1. The molecule has 0 radical (unpaired) electrons. The Morgan fingerprint density at radius 2 is 1.35 bits per heavy atom. The maximum atomic E-state index is 8.51. The van der Waals surface area contributed by atoms with Gasteiger partial charge in [-0.1, -0.05) is 19.3 Å². The molecule has 0 heterocycles. The highest BCUT2D eigenvalue weighted by molar-refractivity contribution is 5.81. The molecule has 0 amide bonds. The molecule has 3 fully saturated rings. The van der Waals surface area contributed by atoms with E-state index in [-0.39, 0.29) is 0 Å². The van der Waals surface area contributed by atoms with Crippen molar-refractivity contribution in [3.63, 3.8) is 0 Å². The lowest BCUT2D eigenvalue weighted by Crippen LogP contribution is -2.39. The fourth-order valence-corrected chi connectivity index (χ4v) is 3.13. The summed E-state index contributed by atoms with van der Waals surface area (Å²) in [6.07, 6.45) is 12.3. The number of nitrogens with zero attached hydrogens (tertiary/aromatic N) is 1. The lowest BCUT2D eigenvalue weighted by atomic mass is 9.88. The summed E-state index contributed by atoms with van der Waals surface area (Å²) in [6, 6.07) is 0. The summed E-state index contributed by atoms with van der Waals surface area (Å²) in [7, 11) is 0. The molecule has 3 aliphatic carbocycles. The van der Waals surface area contributed by atoms with Gasteiger partial charge in [0.1, 0.15) is 0 Å². The minimum absolute atomic E-state index is 0.598. The van der Waals surface area contributed by atoms with Gasteiger partial charge in [-0.2, -0.15) is 0 Å². The van der Waals surface area contributed by atoms with Crippen LogP contribution in [0.25, 0.3) is 0 Å². The van der Waals surface area contributed by atoms with Crippen LogP contribution in [0.1, 0.15) is 57.8 Å². The van der Waals surface area contributed by atoms with Crippen molar-refractivity contribution < 1.29 is 0 Å². The fourth-order valence-electron chi connectivity index (χ4n) is 3.13. The summed E-state index contributed by atoms with van der Waals surface area (Å²) in [6.45, 7) is 2.40. The Bertz CT molecular complexity index is 259. The molecular weight excluding hydrogens is 208 g/mol. The summed E-state index contributed by atoms with van der Waals surface area (Å²) in [5, 5.41) is 8.51. The first-order valence-corrected chi connectivity index (χ1v) is 7.66. The summed E-state index contributed by atoms with van der Waals surface area (Å²) >= 11 is 0. The van der Waals surface area contributed by atoms with E-state index in [0.717, 1.165) is 17.7 Å². The van der Waals surface area contributed by atoms with Crippen molar-refractivity contribution in [2.24, 2.45) is 17.8 Å². The molecule has 0 aromatic heterocycles. The van der Waals surface area contributed by atoms with Gasteiger partial charge in [-0.15, -0.1) is 0 Å². The van der Waals surface area contributed by atoms with Gasteiger partial charge in [0.15, 0.2) is 0 Å². The highest BCUT2D eigenvalue weighted by Gasteiger charge is 2.32. The molecule has 2 heteroatoms. The maximum Gasteiger partial charge on any atom is 0.0989 e. The number of rotatable bonds is 5. The van der Waals surface area contributed by atoms with Crippen LogP contribution >= 0.6 is 0 Å². The zero-order valence-electron chi connectivity index (χ0n) is 11.0. The largest absolute Gasteiger partial charge is 0.360 e. The fraction of sp³-hybridized carbons (Fsp3) is 0.933. The minimum atomic E-state index is 0.598. The zero-order valence-corrected chi connectivity index (χ0v) is 11.0. The van der Waals surface area contributed by atoms with Gasteiger partial charge in [0.2, 0.25) is 0 Å². The van der Waals surface area contributed by atoms with E-state index in [0.29, 0.717) is 5.92 Å². The average molecular weight is 234 g/mol. The van der Waals surface area contributed by atoms with Gasteiger partial charge in [-0.05, 0) is 50.4 Å². The van der Waals surface area contributed by atoms with Crippen LogP contribution in [-0.4, -0.2) is 23.8 Å². The molecule has 0 spiro atoms. The Morgan fingerprint density at radius 3 is 1.82 bits per heavy atom. The van der Waals surface area contributed by atoms with Gasteiger partial charge in [0.05, 0.1) is 5.84 Å². The lowest BCUT2D eigenvalue weighted by molar-refractivity contribution is 0.332. The zero-order chi connectivity index (χ0) is 11.7. The van der Waals surface area contributed by atoms with Gasteiger partial charge in [-0.3, -0.25) is 5.41 Å². The van der Waals surface area contributed by atoms with Gasteiger partial charge in [0.25, 0.3) is 0 Å². The molecule has 0 unspecified atom stereocenters. The van der Waals surface area contributed by atoms with Crippen LogP contribution in [0.2, 0.25) is 0 Å². The van der Waals surface area contributed by atoms with E-state index < -0.39 is 0 Å². The third-order valence-electron chi connectivity index (χ3n) is 4.68. The molecule has 1 N–H and O–H groups in total. The minimum Gasteiger partial charge on any atom is -0.360 e. The van der Waals surface area contributed by atoms with Crippen molar-refractivity contribution in [2.45, 2.75) is 57.8 Å². The van der Waals surface area contributed by atoms with Crippen LogP contribution in [-0.2, 0) is 0 Å². The highest BCUT2D eigenvalue weighted by Crippen LogP contribution is 2.35. The predicted octanol–water partition coefficient (Wildman–Crippen LogP) is 3.67. The van der Waals surface area contributed by atoms with Crippen molar-refractivity contribution in [3.05, 3.63) is 0 Å². The summed E-state index contributed by atoms with van der Waals surface area (Å²) < 4.78 is 0. The Kier molecular flexibility index (Phi) is 3.39. The van der Waals surface area contributed by atoms with E-state index in [9.17, 15) is 0 Å². The Labute approximate surface area is 105 Å². The molecule has 0 aromatic carbocycles. The van der Waals surface area contributed by atoms with E-state index >= 15 is 0 Å². The van der Waals surface area contributed by atoms with Crippen LogP contribution in [0.3, 0.4) is 0 Å². The Morgan fingerprint density at radius 1 is 0.824 bits per heavy atom. The van der Waals surface area contributed by atoms with E-state index in [1.807, 2.05) is 0 Å². The second-order valence-corrected chi connectivity index (χ2v) is 6.51. The van der Waals surface area contributed by atoms with E-state index in [1.165, 1.54) is 70.9 Å². The second kappa shape index (κ2) is 4.99. The van der Waals surface area contributed by atoms with Crippen molar-refractivity contribution in [1.29, 1.82) is 5.41 Å². The average Bonchev–Trinajstić information content (AvgIpc) is 3.23. The Balaban J connectivity index is 1.56. The normalized spacial score (nSPS) is 25.9. The van der Waals surface area contributed by atoms with Crippen LogP contribution in [0, 0.1) is 23.2 Å². The molecule has 17 heavy (non-hydrogen) atoms. The number of nitrogens with one attached hydrogen (secondary N) is 1. The van der Waals surface area contributed by atoms with Crippen LogP contribution in [0.5, 0.6) is 0 Å². The standard InChI is InChI=1S/C15H26N2/c16-15(14-4-2-1-3-5-14)17(10-12-6-7-12)11-13-8-9-13/h12-14,16H,1-11H2. The van der Waals surface area contributed by atoms with Crippen molar-refractivity contribution >= 4 is 5.84 Å². The molecule has 3 aliphatic rings. The van der Waals surface area contributed by atoms with Crippen LogP contribution in [0.15, 0.2) is 0 Å². The maximum absolute atomic E-state index is 8.51. The molecule has 0 aromatic rings. The molecular formula is C15H26N2. The first-order valence-electron chi connectivity index (χ1n) is 7.66. The van der Waals surface area contributed by atoms with E-state index in [2.05, 4.69) is 4.90 Å².